The van der Waals surface area contributed by atoms with Crippen molar-refractivity contribution in [1.82, 2.24) is 10.6 Å². The summed E-state index contributed by atoms with van der Waals surface area (Å²) in [5.41, 5.74) is 0. The molecule has 1 rings (SSSR count). The summed E-state index contributed by atoms with van der Waals surface area (Å²) in [6.45, 7) is 0.993. The van der Waals surface area contributed by atoms with Crippen LogP contribution < -0.4 is 10.6 Å². The molecule has 0 aromatic heterocycles. The van der Waals surface area contributed by atoms with E-state index in [2.05, 4.69) is 23.3 Å². The van der Waals surface area contributed by atoms with Crippen molar-refractivity contribution in [2.45, 2.75) is 12.8 Å². The third-order valence-electron chi connectivity index (χ3n) is 1.84. The van der Waals surface area contributed by atoms with Gasteiger partial charge in [-0.15, -0.1) is 0 Å². The first-order valence-electron chi connectivity index (χ1n) is 4.39. The highest BCUT2D eigenvalue weighted by molar-refractivity contribution is 7.81. The molecule has 1 aliphatic carbocycles. The number of hydrogen-bond donors (Lipinski definition) is 3. The Kier molecular flexibility index (Phi) is 4.08. The van der Waals surface area contributed by atoms with Crippen LogP contribution in [0.1, 0.15) is 12.8 Å². The Hall–Kier alpha value is -0.710. The summed E-state index contributed by atoms with van der Waals surface area (Å²) < 4.78 is 0. The molecule has 0 aliphatic heterocycles. The van der Waals surface area contributed by atoms with Gasteiger partial charge in [0.1, 0.15) is 0 Å². The van der Waals surface area contributed by atoms with Gasteiger partial charge in [0, 0.05) is 19.0 Å². The minimum absolute atomic E-state index is 0.107. The van der Waals surface area contributed by atoms with E-state index in [1.54, 1.807) is 0 Å². The Labute approximate surface area is 82.9 Å². The van der Waals surface area contributed by atoms with Crippen molar-refractivity contribution in [2.24, 2.45) is 5.92 Å². The van der Waals surface area contributed by atoms with Gasteiger partial charge in [-0.2, -0.15) is 12.6 Å². The molecular formula is C8H14N2O2S. The molecule has 2 N–H and O–H groups in total. The molecule has 5 heteroatoms. The summed E-state index contributed by atoms with van der Waals surface area (Å²) in [5, 5.41) is 5.36. The van der Waals surface area contributed by atoms with E-state index in [9.17, 15) is 9.59 Å². The van der Waals surface area contributed by atoms with Crippen molar-refractivity contribution >= 4 is 24.4 Å². The first kappa shape index (κ1) is 10.4. The predicted octanol–water partition coefficient (Wildman–Crippen LogP) is -0.441. The van der Waals surface area contributed by atoms with Crippen molar-refractivity contribution in [3.8, 4) is 0 Å². The van der Waals surface area contributed by atoms with Gasteiger partial charge in [-0.1, -0.05) is 0 Å². The molecule has 1 fully saturated rings. The second-order valence-electron chi connectivity index (χ2n) is 3.07. The standard InChI is InChI=1S/C8H14N2O2S/c11-7(5-13)9-3-4-10-8(12)6-1-2-6/h6,13H,1-5H2,(H,9,11)(H,10,12). The highest BCUT2D eigenvalue weighted by Gasteiger charge is 2.28. The Morgan fingerprint density at radius 3 is 2.38 bits per heavy atom. The first-order chi connectivity index (χ1) is 6.24. The zero-order valence-electron chi connectivity index (χ0n) is 7.38. The Morgan fingerprint density at radius 2 is 1.85 bits per heavy atom. The van der Waals surface area contributed by atoms with Crippen LogP contribution in [-0.2, 0) is 9.59 Å². The number of amides is 2. The molecular weight excluding hydrogens is 188 g/mol. The maximum Gasteiger partial charge on any atom is 0.229 e. The maximum atomic E-state index is 11.1. The first-order valence-corrected chi connectivity index (χ1v) is 5.02. The van der Waals surface area contributed by atoms with Crippen LogP contribution >= 0.6 is 12.6 Å². The van der Waals surface area contributed by atoms with Gasteiger partial charge in [0.15, 0.2) is 0 Å². The fourth-order valence-electron chi connectivity index (χ4n) is 0.933. The summed E-state index contributed by atoms with van der Waals surface area (Å²) in [4.78, 5) is 21.8. The van der Waals surface area contributed by atoms with Crippen LogP contribution in [0.4, 0.5) is 0 Å². The van der Waals surface area contributed by atoms with Crippen molar-refractivity contribution < 1.29 is 9.59 Å². The number of nitrogens with one attached hydrogen (secondary N) is 2. The number of thiol groups is 1. The molecule has 0 spiro atoms. The zero-order valence-corrected chi connectivity index (χ0v) is 8.27. The maximum absolute atomic E-state index is 11.1. The van der Waals surface area contributed by atoms with Crippen LogP contribution in [0.15, 0.2) is 0 Å². The molecule has 74 valence electrons. The summed E-state index contributed by atoms with van der Waals surface area (Å²) >= 11 is 3.80. The van der Waals surface area contributed by atoms with E-state index in [-0.39, 0.29) is 23.5 Å². The Bertz CT molecular complexity index is 204. The van der Waals surface area contributed by atoms with Crippen LogP contribution in [0.3, 0.4) is 0 Å². The van der Waals surface area contributed by atoms with Gasteiger partial charge in [0.25, 0.3) is 0 Å². The average Bonchev–Trinajstić information content (AvgIpc) is 2.94. The van der Waals surface area contributed by atoms with Gasteiger partial charge in [-0.05, 0) is 12.8 Å². The molecule has 0 heterocycles. The molecule has 0 radical (unpaired) electrons. The molecule has 1 aliphatic rings. The van der Waals surface area contributed by atoms with Gasteiger partial charge < -0.3 is 10.6 Å². The van der Waals surface area contributed by atoms with Gasteiger partial charge in [-0.25, -0.2) is 0 Å². The topological polar surface area (TPSA) is 58.2 Å². The lowest BCUT2D eigenvalue weighted by atomic mass is 10.4. The highest BCUT2D eigenvalue weighted by Crippen LogP contribution is 2.28. The lowest BCUT2D eigenvalue weighted by molar-refractivity contribution is -0.123. The summed E-state index contributed by atoms with van der Waals surface area (Å²) in [6, 6.07) is 0. The van der Waals surface area contributed by atoms with Crippen LogP contribution in [0.5, 0.6) is 0 Å². The van der Waals surface area contributed by atoms with E-state index in [4.69, 9.17) is 0 Å². The van der Waals surface area contributed by atoms with Gasteiger partial charge in [-0.3, -0.25) is 9.59 Å². The summed E-state index contributed by atoms with van der Waals surface area (Å²) in [6.07, 6.45) is 2.02. The second kappa shape index (κ2) is 5.11. The third kappa shape index (κ3) is 4.17. The molecule has 0 bridgehead atoms. The van der Waals surface area contributed by atoms with Crippen molar-refractivity contribution in [2.75, 3.05) is 18.8 Å². The van der Waals surface area contributed by atoms with Gasteiger partial charge in [0.2, 0.25) is 11.8 Å². The van der Waals surface area contributed by atoms with E-state index in [0.29, 0.717) is 13.1 Å². The molecule has 0 aromatic carbocycles. The monoisotopic (exact) mass is 202 g/mol. The normalized spacial score (nSPS) is 15.2. The van der Waals surface area contributed by atoms with Crippen molar-refractivity contribution in [3.63, 3.8) is 0 Å². The number of carbonyl (C=O) groups is 2. The van der Waals surface area contributed by atoms with Gasteiger partial charge in [0.05, 0.1) is 5.75 Å². The third-order valence-corrected chi connectivity index (χ3v) is 2.13. The fraction of sp³-hybridized carbons (Fsp3) is 0.750. The fourth-order valence-corrected chi connectivity index (χ4v) is 1.05. The van der Waals surface area contributed by atoms with Crippen molar-refractivity contribution in [3.05, 3.63) is 0 Å². The Morgan fingerprint density at radius 1 is 1.23 bits per heavy atom. The SMILES string of the molecule is O=C(CS)NCCNC(=O)C1CC1. The van der Waals surface area contributed by atoms with Crippen LogP contribution in [-0.4, -0.2) is 30.7 Å². The smallest absolute Gasteiger partial charge is 0.229 e. The van der Waals surface area contributed by atoms with Crippen molar-refractivity contribution in [1.29, 1.82) is 0 Å². The Balaban J connectivity index is 1.94. The lowest BCUT2D eigenvalue weighted by Gasteiger charge is -2.04. The quantitative estimate of drug-likeness (QED) is 0.418. The number of rotatable bonds is 5. The summed E-state index contributed by atoms with van der Waals surface area (Å²) in [5.74, 6) is 0.432. The number of carbonyl (C=O) groups excluding carboxylic acids is 2. The van der Waals surface area contributed by atoms with Gasteiger partial charge >= 0.3 is 0 Å². The lowest BCUT2D eigenvalue weighted by Crippen LogP contribution is -2.35. The average molecular weight is 202 g/mol. The van der Waals surface area contributed by atoms with Crippen LogP contribution in [0, 0.1) is 5.92 Å². The minimum Gasteiger partial charge on any atom is -0.354 e. The van der Waals surface area contributed by atoms with E-state index in [1.165, 1.54) is 0 Å². The highest BCUT2D eigenvalue weighted by atomic mass is 32.1. The largest absolute Gasteiger partial charge is 0.354 e. The van der Waals surface area contributed by atoms with Crippen LogP contribution in [0.25, 0.3) is 0 Å². The minimum atomic E-state index is -0.107. The van der Waals surface area contributed by atoms with E-state index >= 15 is 0 Å². The molecule has 0 aromatic rings. The van der Waals surface area contributed by atoms with E-state index < -0.39 is 0 Å². The predicted molar refractivity (Wildman–Crippen MR) is 52.6 cm³/mol. The number of hydrogen-bond acceptors (Lipinski definition) is 3. The van der Waals surface area contributed by atoms with E-state index in [1.807, 2.05) is 0 Å². The zero-order chi connectivity index (χ0) is 9.68. The molecule has 0 unspecified atom stereocenters. The molecule has 0 saturated heterocycles. The molecule has 0 atom stereocenters. The second-order valence-corrected chi connectivity index (χ2v) is 3.39. The molecule has 13 heavy (non-hydrogen) atoms. The summed E-state index contributed by atoms with van der Waals surface area (Å²) in [7, 11) is 0. The van der Waals surface area contributed by atoms with E-state index in [0.717, 1.165) is 12.8 Å². The molecule has 4 nitrogen and oxygen atoms in total. The van der Waals surface area contributed by atoms with Crippen LogP contribution in [0.2, 0.25) is 0 Å². The molecule has 2 amide bonds. The molecule has 1 saturated carbocycles.